The van der Waals surface area contributed by atoms with Gasteiger partial charge in [-0.3, -0.25) is 4.79 Å². The number of rotatable bonds is 6. The quantitative estimate of drug-likeness (QED) is 0.561. The SMILES string of the molecule is CC(C)(C)OC(=O)NCc1noc(-c2ccc([C@H]3OC(C)(C)N(C(=O)C(Cl)Cl)[C@@H]3CF)cc2)n1. The molecule has 1 aliphatic rings. The summed E-state index contributed by atoms with van der Waals surface area (Å²) in [7, 11) is 0. The Morgan fingerprint density at radius 1 is 1.26 bits per heavy atom. The number of nitrogens with one attached hydrogen (secondary N) is 1. The molecule has 2 atom stereocenters. The second-order valence-corrected chi connectivity index (χ2v) is 10.3. The second kappa shape index (κ2) is 10.1. The Morgan fingerprint density at radius 3 is 2.47 bits per heavy atom. The lowest BCUT2D eigenvalue weighted by atomic mass is 10.0. The van der Waals surface area contributed by atoms with Crippen LogP contribution in [0.15, 0.2) is 28.8 Å². The van der Waals surface area contributed by atoms with Gasteiger partial charge in [0.15, 0.2) is 10.7 Å². The van der Waals surface area contributed by atoms with Crippen molar-refractivity contribution >= 4 is 35.2 Å². The first-order valence-corrected chi connectivity index (χ1v) is 11.4. The maximum absolute atomic E-state index is 14.0. The van der Waals surface area contributed by atoms with Crippen LogP contribution >= 0.6 is 23.2 Å². The van der Waals surface area contributed by atoms with E-state index in [1.54, 1.807) is 58.9 Å². The molecule has 0 bridgehead atoms. The lowest BCUT2D eigenvalue weighted by Gasteiger charge is -2.33. The van der Waals surface area contributed by atoms with E-state index in [2.05, 4.69) is 15.5 Å². The van der Waals surface area contributed by atoms with Gasteiger partial charge in [-0.2, -0.15) is 4.98 Å². The Balaban J connectivity index is 1.71. The minimum atomic E-state index is -1.32. The Hall–Kier alpha value is -2.43. The molecule has 2 aromatic rings. The van der Waals surface area contributed by atoms with Crippen molar-refractivity contribution in [1.29, 1.82) is 0 Å². The van der Waals surface area contributed by atoms with Gasteiger partial charge in [-0.1, -0.05) is 40.5 Å². The van der Waals surface area contributed by atoms with Crippen molar-refractivity contribution < 1.29 is 28.0 Å². The molecule has 12 heteroatoms. The number of carbonyl (C=O) groups excluding carboxylic acids is 2. The number of hydrogen-bond donors (Lipinski definition) is 1. The minimum Gasteiger partial charge on any atom is -0.444 e. The monoisotopic (exact) mass is 516 g/mol. The largest absolute Gasteiger partial charge is 0.444 e. The summed E-state index contributed by atoms with van der Waals surface area (Å²) in [5.41, 5.74) is -0.444. The van der Waals surface area contributed by atoms with Crippen molar-refractivity contribution in [2.75, 3.05) is 6.67 Å². The molecule has 1 N–H and O–H groups in total. The van der Waals surface area contributed by atoms with Gasteiger partial charge in [0.25, 0.3) is 11.8 Å². The van der Waals surface area contributed by atoms with Crippen LogP contribution in [-0.4, -0.2) is 55.9 Å². The first-order valence-electron chi connectivity index (χ1n) is 10.6. The third-order valence-corrected chi connectivity index (χ3v) is 5.38. The average molecular weight is 517 g/mol. The van der Waals surface area contributed by atoms with E-state index >= 15 is 0 Å². The molecular formula is C22H27Cl2FN4O5. The Morgan fingerprint density at radius 2 is 1.91 bits per heavy atom. The molecule has 1 aliphatic heterocycles. The van der Waals surface area contributed by atoms with Crippen LogP contribution in [0.4, 0.5) is 9.18 Å². The van der Waals surface area contributed by atoms with Gasteiger partial charge in [-0.05, 0) is 52.3 Å². The van der Waals surface area contributed by atoms with Gasteiger partial charge in [0.2, 0.25) is 0 Å². The fourth-order valence-corrected chi connectivity index (χ4v) is 3.89. The number of alkyl halides is 3. The van der Waals surface area contributed by atoms with Gasteiger partial charge >= 0.3 is 6.09 Å². The maximum atomic E-state index is 14.0. The first kappa shape index (κ1) is 26.2. The van der Waals surface area contributed by atoms with Gasteiger partial charge in [0, 0.05) is 5.56 Å². The summed E-state index contributed by atoms with van der Waals surface area (Å²) in [6.45, 7) is 7.80. The maximum Gasteiger partial charge on any atom is 0.408 e. The highest BCUT2D eigenvalue weighted by atomic mass is 35.5. The third kappa shape index (κ3) is 5.97. The Kier molecular flexibility index (Phi) is 7.74. The number of amides is 2. The highest BCUT2D eigenvalue weighted by Crippen LogP contribution is 2.42. The molecule has 186 valence electrons. The molecule has 0 unspecified atom stereocenters. The van der Waals surface area contributed by atoms with Gasteiger partial charge in [0.1, 0.15) is 24.1 Å². The van der Waals surface area contributed by atoms with Crippen molar-refractivity contribution in [2.24, 2.45) is 0 Å². The van der Waals surface area contributed by atoms with E-state index in [1.165, 1.54) is 4.90 Å². The van der Waals surface area contributed by atoms with Crippen LogP contribution in [0.2, 0.25) is 0 Å². The lowest BCUT2D eigenvalue weighted by molar-refractivity contribution is -0.145. The molecule has 2 heterocycles. The Labute approximate surface area is 206 Å². The van der Waals surface area contributed by atoms with E-state index in [9.17, 15) is 14.0 Å². The van der Waals surface area contributed by atoms with Crippen LogP contribution in [-0.2, 0) is 20.8 Å². The number of benzene rings is 1. The van der Waals surface area contributed by atoms with Crippen molar-refractivity contribution in [3.63, 3.8) is 0 Å². The predicted octanol–water partition coefficient (Wildman–Crippen LogP) is 4.54. The summed E-state index contributed by atoms with van der Waals surface area (Å²) in [4.78, 5) is 28.4. The molecule has 0 radical (unpaired) electrons. The summed E-state index contributed by atoms with van der Waals surface area (Å²) in [5.74, 6) is -0.103. The zero-order chi connectivity index (χ0) is 25.3. The molecule has 1 aromatic heterocycles. The highest BCUT2D eigenvalue weighted by Gasteiger charge is 2.51. The average Bonchev–Trinajstić information content (AvgIpc) is 3.32. The van der Waals surface area contributed by atoms with E-state index in [4.69, 9.17) is 37.2 Å². The molecule has 3 rings (SSSR count). The zero-order valence-electron chi connectivity index (χ0n) is 19.5. The van der Waals surface area contributed by atoms with Crippen molar-refractivity contribution in [2.45, 2.75) is 69.5 Å². The van der Waals surface area contributed by atoms with Crippen LogP contribution in [0, 0.1) is 0 Å². The first-order chi connectivity index (χ1) is 15.8. The molecule has 34 heavy (non-hydrogen) atoms. The van der Waals surface area contributed by atoms with E-state index in [0.717, 1.165) is 0 Å². The minimum absolute atomic E-state index is 0.0334. The van der Waals surface area contributed by atoms with Crippen LogP contribution in [0.25, 0.3) is 11.5 Å². The molecular weight excluding hydrogens is 490 g/mol. The topological polar surface area (TPSA) is 107 Å². The van der Waals surface area contributed by atoms with Gasteiger partial charge < -0.3 is 24.2 Å². The Bertz CT molecular complexity index is 1020. The van der Waals surface area contributed by atoms with Crippen LogP contribution in [0.3, 0.4) is 0 Å². The number of hydrogen-bond acceptors (Lipinski definition) is 7. The van der Waals surface area contributed by atoms with Crippen molar-refractivity contribution in [3.05, 3.63) is 35.7 Å². The standard InChI is InChI=1S/C22H27Cl2FN4O5/c1-21(2,3)33-20(31)26-11-15-27-18(34-28-15)13-8-6-12(7-9-13)16-14(10-25)29(19(30)17(23)24)22(4,5)32-16/h6-9,14,16-17H,10-11H2,1-5H3,(H,26,31)/t14-,16-/m1/s1. The molecule has 1 saturated heterocycles. The zero-order valence-corrected chi connectivity index (χ0v) is 21.0. The van der Waals surface area contributed by atoms with E-state index in [-0.39, 0.29) is 18.3 Å². The number of ether oxygens (including phenoxy) is 2. The summed E-state index contributed by atoms with van der Waals surface area (Å²) < 4.78 is 30.4. The van der Waals surface area contributed by atoms with E-state index < -0.39 is 47.0 Å². The molecule has 0 saturated carbocycles. The van der Waals surface area contributed by atoms with E-state index in [1.807, 2.05) is 0 Å². The molecule has 0 spiro atoms. The molecule has 9 nitrogen and oxygen atoms in total. The summed E-state index contributed by atoms with van der Waals surface area (Å²) in [6, 6.07) is 6.01. The fraction of sp³-hybridized carbons (Fsp3) is 0.545. The molecule has 0 aliphatic carbocycles. The van der Waals surface area contributed by atoms with E-state index in [0.29, 0.717) is 11.1 Å². The van der Waals surface area contributed by atoms with Crippen molar-refractivity contribution in [1.82, 2.24) is 20.4 Å². The van der Waals surface area contributed by atoms with Gasteiger partial charge in [-0.25, -0.2) is 9.18 Å². The number of aromatic nitrogens is 2. The molecule has 1 aromatic carbocycles. The van der Waals surface area contributed by atoms with Crippen LogP contribution in [0.1, 0.15) is 52.1 Å². The summed E-state index contributed by atoms with van der Waals surface area (Å²) >= 11 is 11.5. The lowest BCUT2D eigenvalue weighted by Crippen LogP contribution is -2.50. The molecule has 1 fully saturated rings. The number of nitrogens with zero attached hydrogens (tertiary/aromatic N) is 3. The van der Waals surface area contributed by atoms with Gasteiger partial charge in [0.05, 0.1) is 12.6 Å². The smallest absolute Gasteiger partial charge is 0.408 e. The summed E-state index contributed by atoms with van der Waals surface area (Å²) in [5, 5.41) is 6.41. The molecule has 2 amide bonds. The number of halogens is 3. The van der Waals surface area contributed by atoms with Crippen molar-refractivity contribution in [3.8, 4) is 11.5 Å². The van der Waals surface area contributed by atoms with Crippen LogP contribution in [0.5, 0.6) is 0 Å². The van der Waals surface area contributed by atoms with Gasteiger partial charge in [-0.15, -0.1) is 0 Å². The second-order valence-electron chi connectivity index (χ2n) is 9.21. The number of carbonyl (C=O) groups is 2. The van der Waals surface area contributed by atoms with Crippen LogP contribution < -0.4 is 5.32 Å². The number of alkyl carbamates (subject to hydrolysis) is 1. The predicted molar refractivity (Wildman–Crippen MR) is 123 cm³/mol. The normalized spacial score (nSPS) is 20.0. The summed E-state index contributed by atoms with van der Waals surface area (Å²) in [6.07, 6.45) is -1.31. The highest BCUT2D eigenvalue weighted by molar-refractivity contribution is 6.53. The fourth-order valence-electron chi connectivity index (χ4n) is 3.68. The third-order valence-electron chi connectivity index (χ3n) is 5.00.